The fourth-order valence-corrected chi connectivity index (χ4v) is 3.58. The van der Waals surface area contributed by atoms with Crippen LogP contribution in [-0.4, -0.2) is 32.1 Å². The van der Waals surface area contributed by atoms with Crippen molar-refractivity contribution in [1.29, 1.82) is 0 Å². The molecule has 2 aromatic rings. The van der Waals surface area contributed by atoms with Crippen LogP contribution in [0.25, 0.3) is 0 Å². The Balaban J connectivity index is 2.03. The van der Waals surface area contributed by atoms with Crippen molar-refractivity contribution in [3.8, 4) is 0 Å². The molecule has 0 saturated carbocycles. The SMILES string of the molecule is CCC(NCCN(C)C)c1sccc1Cc1ccccc1. The molecule has 3 heteroatoms. The van der Waals surface area contributed by atoms with Gasteiger partial charge in [-0.25, -0.2) is 0 Å². The first-order chi connectivity index (χ1) is 10.2. The number of benzene rings is 1. The van der Waals surface area contributed by atoms with E-state index in [-0.39, 0.29) is 0 Å². The number of hydrogen-bond donors (Lipinski definition) is 1. The van der Waals surface area contributed by atoms with Crippen LogP contribution in [0.15, 0.2) is 41.8 Å². The van der Waals surface area contributed by atoms with Gasteiger partial charge in [-0.1, -0.05) is 37.3 Å². The molecule has 114 valence electrons. The molecule has 1 unspecified atom stereocenters. The lowest BCUT2D eigenvalue weighted by atomic mass is 10.0. The average Bonchev–Trinajstić information content (AvgIpc) is 2.92. The predicted octanol–water partition coefficient (Wildman–Crippen LogP) is 3.94. The standard InChI is InChI=1S/C18H26N2S/c1-4-17(19-11-12-20(2)3)18-16(10-13-21-18)14-15-8-6-5-7-9-15/h5-10,13,17,19H,4,11-12,14H2,1-3H3. The topological polar surface area (TPSA) is 15.3 Å². The second-order valence-electron chi connectivity index (χ2n) is 5.69. The van der Waals surface area contributed by atoms with Gasteiger partial charge in [-0.3, -0.25) is 0 Å². The molecule has 0 radical (unpaired) electrons. The Kier molecular flexibility index (Phi) is 6.43. The lowest BCUT2D eigenvalue weighted by Gasteiger charge is -2.19. The Morgan fingerprint density at radius 2 is 1.90 bits per heavy atom. The second kappa shape index (κ2) is 8.32. The maximum Gasteiger partial charge on any atom is 0.0415 e. The predicted molar refractivity (Wildman–Crippen MR) is 93.2 cm³/mol. The number of rotatable bonds is 8. The normalized spacial score (nSPS) is 12.8. The van der Waals surface area contributed by atoms with Crippen LogP contribution in [0, 0.1) is 0 Å². The largest absolute Gasteiger partial charge is 0.308 e. The Bertz CT molecular complexity index is 519. The van der Waals surface area contributed by atoms with Gasteiger partial charge in [-0.2, -0.15) is 0 Å². The minimum Gasteiger partial charge on any atom is -0.308 e. The van der Waals surface area contributed by atoms with E-state index in [1.807, 2.05) is 11.3 Å². The molecule has 1 aromatic carbocycles. The second-order valence-corrected chi connectivity index (χ2v) is 6.64. The number of nitrogens with zero attached hydrogens (tertiary/aromatic N) is 1. The van der Waals surface area contributed by atoms with Gasteiger partial charge in [0.1, 0.15) is 0 Å². The quantitative estimate of drug-likeness (QED) is 0.794. The highest BCUT2D eigenvalue weighted by Crippen LogP contribution is 2.28. The molecule has 0 fully saturated rings. The smallest absolute Gasteiger partial charge is 0.0415 e. The van der Waals surface area contributed by atoms with Crippen LogP contribution in [0.3, 0.4) is 0 Å². The van der Waals surface area contributed by atoms with Crippen molar-refractivity contribution in [3.05, 3.63) is 57.8 Å². The van der Waals surface area contributed by atoms with Gasteiger partial charge in [0.25, 0.3) is 0 Å². The average molecular weight is 302 g/mol. The first-order valence-electron chi connectivity index (χ1n) is 7.69. The summed E-state index contributed by atoms with van der Waals surface area (Å²) in [4.78, 5) is 3.72. The van der Waals surface area contributed by atoms with Crippen LogP contribution >= 0.6 is 11.3 Å². The van der Waals surface area contributed by atoms with Crippen LogP contribution in [0.5, 0.6) is 0 Å². The summed E-state index contributed by atoms with van der Waals surface area (Å²) in [6.45, 7) is 4.38. The highest BCUT2D eigenvalue weighted by atomic mass is 32.1. The van der Waals surface area contributed by atoms with Gasteiger partial charge in [-0.05, 0) is 49.5 Å². The zero-order chi connectivity index (χ0) is 15.1. The summed E-state index contributed by atoms with van der Waals surface area (Å²) < 4.78 is 0. The van der Waals surface area contributed by atoms with Crippen molar-refractivity contribution < 1.29 is 0 Å². The monoisotopic (exact) mass is 302 g/mol. The van der Waals surface area contributed by atoms with E-state index in [1.165, 1.54) is 16.0 Å². The van der Waals surface area contributed by atoms with E-state index >= 15 is 0 Å². The summed E-state index contributed by atoms with van der Waals surface area (Å²) in [5.74, 6) is 0. The lowest BCUT2D eigenvalue weighted by Crippen LogP contribution is -2.29. The Labute approximate surface area is 132 Å². The Morgan fingerprint density at radius 3 is 2.57 bits per heavy atom. The molecule has 0 aliphatic rings. The van der Waals surface area contributed by atoms with Crippen LogP contribution < -0.4 is 5.32 Å². The molecular weight excluding hydrogens is 276 g/mol. The van der Waals surface area contributed by atoms with Gasteiger partial charge < -0.3 is 10.2 Å². The molecule has 2 rings (SSSR count). The third-order valence-electron chi connectivity index (χ3n) is 3.69. The molecule has 1 heterocycles. The van der Waals surface area contributed by atoms with Gasteiger partial charge in [0.15, 0.2) is 0 Å². The summed E-state index contributed by atoms with van der Waals surface area (Å²) in [5, 5.41) is 5.92. The van der Waals surface area contributed by atoms with Gasteiger partial charge in [0, 0.05) is 24.0 Å². The van der Waals surface area contributed by atoms with E-state index in [2.05, 4.69) is 73.0 Å². The van der Waals surface area contributed by atoms with E-state index < -0.39 is 0 Å². The molecule has 0 bridgehead atoms. The Hall–Kier alpha value is -1.16. The van der Waals surface area contributed by atoms with Gasteiger partial charge in [0.2, 0.25) is 0 Å². The van der Waals surface area contributed by atoms with Gasteiger partial charge in [0.05, 0.1) is 0 Å². The fraction of sp³-hybridized carbons (Fsp3) is 0.444. The van der Waals surface area contributed by atoms with Crippen molar-refractivity contribution in [2.75, 3.05) is 27.2 Å². The van der Waals surface area contributed by atoms with Crippen molar-refractivity contribution >= 4 is 11.3 Å². The van der Waals surface area contributed by atoms with Crippen LogP contribution in [0.1, 0.15) is 35.4 Å². The highest BCUT2D eigenvalue weighted by molar-refractivity contribution is 7.10. The van der Waals surface area contributed by atoms with Crippen molar-refractivity contribution in [2.45, 2.75) is 25.8 Å². The molecular formula is C18H26N2S. The first-order valence-corrected chi connectivity index (χ1v) is 8.57. The van der Waals surface area contributed by atoms with Crippen LogP contribution in [0.2, 0.25) is 0 Å². The van der Waals surface area contributed by atoms with Crippen molar-refractivity contribution in [2.24, 2.45) is 0 Å². The molecule has 1 N–H and O–H groups in total. The third kappa shape index (κ3) is 4.95. The zero-order valence-electron chi connectivity index (χ0n) is 13.3. The minimum atomic E-state index is 0.476. The molecule has 0 amide bonds. The van der Waals surface area contributed by atoms with E-state index in [1.54, 1.807) is 0 Å². The summed E-state index contributed by atoms with van der Waals surface area (Å²) in [6, 6.07) is 13.5. The summed E-state index contributed by atoms with van der Waals surface area (Å²) in [6.07, 6.45) is 2.17. The van der Waals surface area contributed by atoms with E-state index in [4.69, 9.17) is 0 Å². The van der Waals surface area contributed by atoms with Gasteiger partial charge >= 0.3 is 0 Å². The highest BCUT2D eigenvalue weighted by Gasteiger charge is 2.14. The maximum atomic E-state index is 3.70. The summed E-state index contributed by atoms with van der Waals surface area (Å²) in [5.41, 5.74) is 2.86. The summed E-state index contributed by atoms with van der Waals surface area (Å²) in [7, 11) is 4.24. The van der Waals surface area contributed by atoms with Crippen molar-refractivity contribution in [3.63, 3.8) is 0 Å². The molecule has 0 saturated heterocycles. The maximum absolute atomic E-state index is 3.70. The van der Waals surface area contributed by atoms with Gasteiger partial charge in [-0.15, -0.1) is 11.3 Å². The molecule has 2 nitrogen and oxygen atoms in total. The fourth-order valence-electron chi connectivity index (χ4n) is 2.50. The van der Waals surface area contributed by atoms with Crippen LogP contribution in [-0.2, 0) is 6.42 Å². The molecule has 1 atom stereocenters. The molecule has 1 aromatic heterocycles. The number of hydrogen-bond acceptors (Lipinski definition) is 3. The number of likely N-dealkylation sites (N-methyl/N-ethyl adjacent to an activating group) is 1. The van der Waals surface area contributed by atoms with Crippen LogP contribution in [0.4, 0.5) is 0 Å². The van der Waals surface area contributed by atoms with Crippen molar-refractivity contribution in [1.82, 2.24) is 10.2 Å². The zero-order valence-corrected chi connectivity index (χ0v) is 14.1. The van der Waals surface area contributed by atoms with E-state index in [0.717, 1.165) is 25.9 Å². The number of nitrogens with one attached hydrogen (secondary N) is 1. The summed E-state index contributed by atoms with van der Waals surface area (Å²) >= 11 is 1.88. The number of thiophene rings is 1. The Morgan fingerprint density at radius 1 is 1.14 bits per heavy atom. The third-order valence-corrected chi connectivity index (χ3v) is 4.77. The molecule has 0 aliphatic heterocycles. The molecule has 0 aliphatic carbocycles. The van der Waals surface area contributed by atoms with E-state index in [9.17, 15) is 0 Å². The molecule has 21 heavy (non-hydrogen) atoms. The molecule has 0 spiro atoms. The van der Waals surface area contributed by atoms with E-state index in [0.29, 0.717) is 6.04 Å². The minimum absolute atomic E-state index is 0.476. The lowest BCUT2D eigenvalue weighted by molar-refractivity contribution is 0.383. The first kappa shape index (κ1) is 16.2.